The molecule has 0 radical (unpaired) electrons. The fraction of sp³-hybridized carbons (Fsp3) is 0.412. The van der Waals surface area contributed by atoms with Crippen molar-refractivity contribution in [2.24, 2.45) is 5.92 Å². The molecule has 1 aliphatic heterocycles. The summed E-state index contributed by atoms with van der Waals surface area (Å²) in [6.07, 6.45) is 2.05. The highest BCUT2D eigenvalue weighted by Crippen LogP contribution is 2.31. The molecule has 0 bridgehead atoms. The second kappa shape index (κ2) is 7.17. The summed E-state index contributed by atoms with van der Waals surface area (Å²) in [5, 5.41) is 9.20. The van der Waals surface area contributed by atoms with Crippen molar-refractivity contribution in [1.29, 1.82) is 0 Å². The van der Waals surface area contributed by atoms with E-state index in [0.29, 0.717) is 30.0 Å². The lowest BCUT2D eigenvalue weighted by Gasteiger charge is -2.24. The third-order valence-corrected chi connectivity index (χ3v) is 4.11. The SMILES string of the molecule is C=CCOc1cc(OC)ccc1C(=O)N1CCC(C(=O)O)C1C. The number of hydrogen-bond donors (Lipinski definition) is 1. The van der Waals surface area contributed by atoms with Crippen LogP contribution >= 0.6 is 0 Å². The molecule has 2 atom stereocenters. The molecule has 1 N–H and O–H groups in total. The van der Waals surface area contributed by atoms with Gasteiger partial charge in [0.15, 0.2) is 0 Å². The molecule has 1 fully saturated rings. The number of ether oxygens (including phenoxy) is 2. The molecule has 1 heterocycles. The van der Waals surface area contributed by atoms with Crippen molar-refractivity contribution in [2.75, 3.05) is 20.3 Å². The monoisotopic (exact) mass is 319 g/mol. The fourth-order valence-corrected chi connectivity index (χ4v) is 2.79. The Morgan fingerprint density at radius 3 is 2.78 bits per heavy atom. The maximum atomic E-state index is 12.8. The third kappa shape index (κ3) is 3.47. The highest BCUT2D eigenvalue weighted by Gasteiger charge is 2.39. The van der Waals surface area contributed by atoms with Crippen LogP contribution in [0.1, 0.15) is 23.7 Å². The van der Waals surface area contributed by atoms with Gasteiger partial charge in [-0.2, -0.15) is 0 Å². The number of carbonyl (C=O) groups is 2. The smallest absolute Gasteiger partial charge is 0.308 e. The second-order valence-electron chi connectivity index (χ2n) is 5.43. The van der Waals surface area contributed by atoms with Crippen LogP contribution in [0.15, 0.2) is 30.9 Å². The van der Waals surface area contributed by atoms with Gasteiger partial charge in [-0.3, -0.25) is 9.59 Å². The van der Waals surface area contributed by atoms with Gasteiger partial charge in [0.25, 0.3) is 5.91 Å². The maximum absolute atomic E-state index is 12.8. The van der Waals surface area contributed by atoms with Gasteiger partial charge in [-0.05, 0) is 25.5 Å². The number of likely N-dealkylation sites (tertiary alicyclic amines) is 1. The zero-order valence-electron chi connectivity index (χ0n) is 13.3. The molecule has 124 valence electrons. The third-order valence-electron chi connectivity index (χ3n) is 4.11. The van der Waals surface area contributed by atoms with E-state index in [0.717, 1.165) is 0 Å². The Kier molecular flexibility index (Phi) is 5.26. The number of rotatable bonds is 6. The Hall–Kier alpha value is -2.50. The summed E-state index contributed by atoms with van der Waals surface area (Å²) in [4.78, 5) is 25.6. The van der Waals surface area contributed by atoms with E-state index < -0.39 is 11.9 Å². The normalized spacial score (nSPS) is 20.2. The number of amides is 1. The number of carbonyl (C=O) groups excluding carboxylic acids is 1. The molecule has 1 aromatic carbocycles. The minimum Gasteiger partial charge on any atom is -0.497 e. The zero-order valence-corrected chi connectivity index (χ0v) is 13.3. The van der Waals surface area contributed by atoms with Gasteiger partial charge >= 0.3 is 5.97 Å². The van der Waals surface area contributed by atoms with Gasteiger partial charge in [0.05, 0.1) is 18.6 Å². The molecule has 23 heavy (non-hydrogen) atoms. The molecule has 1 amide bonds. The number of carboxylic acids is 1. The number of carboxylic acid groups (broad SMARTS) is 1. The van der Waals surface area contributed by atoms with Gasteiger partial charge in [0.1, 0.15) is 18.1 Å². The van der Waals surface area contributed by atoms with E-state index in [9.17, 15) is 14.7 Å². The number of methoxy groups -OCH3 is 1. The topological polar surface area (TPSA) is 76.1 Å². The lowest BCUT2D eigenvalue weighted by molar-refractivity contribution is -0.142. The van der Waals surface area contributed by atoms with Gasteiger partial charge in [-0.15, -0.1) is 0 Å². The fourth-order valence-electron chi connectivity index (χ4n) is 2.79. The molecule has 6 heteroatoms. The first-order chi connectivity index (χ1) is 11.0. The first-order valence-electron chi connectivity index (χ1n) is 7.45. The summed E-state index contributed by atoms with van der Waals surface area (Å²) in [5.41, 5.74) is 0.394. The number of benzene rings is 1. The lowest BCUT2D eigenvalue weighted by atomic mass is 10.0. The van der Waals surface area contributed by atoms with Crippen LogP contribution in [0.3, 0.4) is 0 Å². The first kappa shape index (κ1) is 16.9. The molecule has 1 saturated heterocycles. The Morgan fingerprint density at radius 2 is 2.22 bits per heavy atom. The van der Waals surface area contributed by atoms with E-state index in [2.05, 4.69) is 6.58 Å². The molecule has 6 nitrogen and oxygen atoms in total. The van der Waals surface area contributed by atoms with Crippen molar-refractivity contribution in [1.82, 2.24) is 4.90 Å². The van der Waals surface area contributed by atoms with Crippen LogP contribution < -0.4 is 9.47 Å². The molecule has 2 unspecified atom stereocenters. The van der Waals surface area contributed by atoms with Crippen LogP contribution in [-0.2, 0) is 4.79 Å². The predicted octanol–water partition coefficient (Wildman–Crippen LogP) is 2.20. The molecular weight excluding hydrogens is 298 g/mol. The standard InChI is InChI=1S/C17H21NO5/c1-4-9-23-15-10-12(22-3)5-6-14(15)16(19)18-8-7-13(11(18)2)17(20)21/h4-6,10-11,13H,1,7-9H2,2-3H3,(H,20,21). The van der Waals surface area contributed by atoms with E-state index in [4.69, 9.17) is 9.47 Å². The second-order valence-corrected chi connectivity index (χ2v) is 5.43. The molecule has 0 aromatic heterocycles. The van der Waals surface area contributed by atoms with Crippen molar-refractivity contribution >= 4 is 11.9 Å². The number of nitrogens with zero attached hydrogens (tertiary/aromatic N) is 1. The predicted molar refractivity (Wildman–Crippen MR) is 84.9 cm³/mol. The van der Waals surface area contributed by atoms with Crippen molar-refractivity contribution < 1.29 is 24.2 Å². The van der Waals surface area contributed by atoms with Crippen molar-refractivity contribution in [3.05, 3.63) is 36.4 Å². The van der Waals surface area contributed by atoms with Crippen molar-refractivity contribution in [3.63, 3.8) is 0 Å². The summed E-state index contributed by atoms with van der Waals surface area (Å²) in [5.74, 6) is -0.651. The molecule has 0 aliphatic carbocycles. The van der Waals surface area contributed by atoms with Crippen LogP contribution in [0, 0.1) is 5.92 Å². The molecule has 0 saturated carbocycles. The van der Waals surface area contributed by atoms with E-state index in [-0.39, 0.29) is 18.6 Å². The Bertz CT molecular complexity index is 613. The van der Waals surface area contributed by atoms with Gasteiger partial charge in [0.2, 0.25) is 0 Å². The van der Waals surface area contributed by atoms with E-state index in [1.54, 1.807) is 36.1 Å². The minimum atomic E-state index is -0.870. The van der Waals surface area contributed by atoms with Gasteiger partial charge < -0.3 is 19.5 Å². The van der Waals surface area contributed by atoms with Gasteiger partial charge in [-0.25, -0.2) is 0 Å². The highest BCUT2D eigenvalue weighted by atomic mass is 16.5. The van der Waals surface area contributed by atoms with Gasteiger partial charge in [-0.1, -0.05) is 12.7 Å². The highest BCUT2D eigenvalue weighted by molar-refractivity contribution is 5.98. The summed E-state index contributed by atoms with van der Waals surface area (Å²) in [6.45, 7) is 6.04. The quantitative estimate of drug-likeness (QED) is 0.814. The first-order valence-corrected chi connectivity index (χ1v) is 7.45. The lowest BCUT2D eigenvalue weighted by Crippen LogP contribution is -2.37. The van der Waals surface area contributed by atoms with E-state index in [1.165, 1.54) is 7.11 Å². The minimum absolute atomic E-state index is 0.233. The van der Waals surface area contributed by atoms with Crippen LogP contribution in [0.2, 0.25) is 0 Å². The zero-order chi connectivity index (χ0) is 17.0. The van der Waals surface area contributed by atoms with E-state index in [1.807, 2.05) is 0 Å². The van der Waals surface area contributed by atoms with Crippen molar-refractivity contribution in [3.8, 4) is 11.5 Å². The molecule has 1 aliphatic rings. The number of aliphatic carboxylic acids is 1. The van der Waals surface area contributed by atoms with Crippen LogP contribution in [-0.4, -0.2) is 48.2 Å². The molecule has 2 rings (SSSR count). The van der Waals surface area contributed by atoms with Crippen LogP contribution in [0.4, 0.5) is 0 Å². The summed E-state index contributed by atoms with van der Waals surface area (Å²) in [6, 6.07) is 4.62. The Balaban J connectivity index is 2.28. The largest absolute Gasteiger partial charge is 0.497 e. The Morgan fingerprint density at radius 1 is 1.48 bits per heavy atom. The Labute approximate surface area is 135 Å². The summed E-state index contributed by atoms with van der Waals surface area (Å²) in [7, 11) is 1.54. The van der Waals surface area contributed by atoms with Crippen LogP contribution in [0.25, 0.3) is 0 Å². The average molecular weight is 319 g/mol. The van der Waals surface area contributed by atoms with Crippen molar-refractivity contribution in [2.45, 2.75) is 19.4 Å². The number of hydrogen-bond acceptors (Lipinski definition) is 4. The average Bonchev–Trinajstić information content (AvgIpc) is 2.93. The van der Waals surface area contributed by atoms with Gasteiger partial charge in [0, 0.05) is 18.7 Å². The summed E-state index contributed by atoms with van der Waals surface area (Å²) < 4.78 is 10.7. The van der Waals surface area contributed by atoms with E-state index >= 15 is 0 Å². The molecule has 1 aromatic rings. The molecular formula is C17H21NO5. The summed E-state index contributed by atoms with van der Waals surface area (Å²) >= 11 is 0. The van der Waals surface area contributed by atoms with Crippen LogP contribution in [0.5, 0.6) is 11.5 Å². The maximum Gasteiger partial charge on any atom is 0.308 e. The molecule has 0 spiro atoms.